The normalized spacial score (nSPS) is 12.7. The van der Waals surface area contributed by atoms with Gasteiger partial charge in [-0.2, -0.15) is 0 Å². The summed E-state index contributed by atoms with van der Waals surface area (Å²) in [6.45, 7) is 10.6. The molecule has 4 heteroatoms. The summed E-state index contributed by atoms with van der Waals surface area (Å²) in [5, 5.41) is 3.21. The second-order valence-electron chi connectivity index (χ2n) is 5.25. The summed E-state index contributed by atoms with van der Waals surface area (Å²) >= 11 is 0. The molecule has 0 fully saturated rings. The van der Waals surface area contributed by atoms with Crippen molar-refractivity contribution in [2.75, 3.05) is 26.4 Å². The third-order valence-corrected chi connectivity index (χ3v) is 2.89. The maximum atomic E-state index is 14.0. The summed E-state index contributed by atoms with van der Waals surface area (Å²) < 4.78 is 25.1. The first-order valence-electron chi connectivity index (χ1n) is 7.28. The number of hydrogen-bond donors (Lipinski definition) is 1. The average Bonchev–Trinajstić information content (AvgIpc) is 2.38. The van der Waals surface area contributed by atoms with Crippen LogP contribution in [0.15, 0.2) is 18.2 Å². The van der Waals surface area contributed by atoms with Crippen LogP contribution >= 0.6 is 0 Å². The van der Waals surface area contributed by atoms with E-state index in [0.29, 0.717) is 37.1 Å². The molecular weight excluding hydrogens is 257 g/mol. The van der Waals surface area contributed by atoms with Gasteiger partial charge >= 0.3 is 0 Å². The van der Waals surface area contributed by atoms with E-state index in [2.05, 4.69) is 19.2 Å². The number of nitrogens with one attached hydrogen (secondary N) is 1. The van der Waals surface area contributed by atoms with Crippen LogP contribution in [0.5, 0.6) is 5.75 Å². The fourth-order valence-electron chi connectivity index (χ4n) is 2.00. The Hall–Kier alpha value is -1.13. The molecule has 1 unspecified atom stereocenters. The van der Waals surface area contributed by atoms with E-state index in [9.17, 15) is 4.39 Å². The summed E-state index contributed by atoms with van der Waals surface area (Å²) in [5.41, 5.74) is 0.582. The standard InChI is InChI=1S/C16H26FNO2/c1-5-18-13(4)16-14(17)7-6-8-15(16)20-10-9-19-11-12(2)3/h6-8,12-13,18H,5,9-11H2,1-4H3. The van der Waals surface area contributed by atoms with E-state index in [4.69, 9.17) is 9.47 Å². The predicted octanol–water partition coefficient (Wildman–Crippen LogP) is 3.55. The third kappa shape index (κ3) is 5.47. The largest absolute Gasteiger partial charge is 0.491 e. The van der Waals surface area contributed by atoms with Gasteiger partial charge in [-0.05, 0) is 31.5 Å². The van der Waals surface area contributed by atoms with Gasteiger partial charge in [0.25, 0.3) is 0 Å². The lowest BCUT2D eigenvalue weighted by molar-refractivity contribution is 0.0813. The Bertz CT molecular complexity index is 396. The van der Waals surface area contributed by atoms with Gasteiger partial charge in [-0.25, -0.2) is 4.39 Å². The molecule has 0 radical (unpaired) electrons. The van der Waals surface area contributed by atoms with Crippen LogP contribution in [0.1, 0.15) is 39.3 Å². The molecule has 1 aromatic rings. The van der Waals surface area contributed by atoms with E-state index < -0.39 is 0 Å². The molecule has 3 nitrogen and oxygen atoms in total. The van der Waals surface area contributed by atoms with E-state index in [1.165, 1.54) is 6.07 Å². The highest BCUT2D eigenvalue weighted by molar-refractivity contribution is 5.37. The first-order chi connectivity index (χ1) is 9.56. The SMILES string of the molecule is CCNC(C)c1c(F)cccc1OCCOCC(C)C. The van der Waals surface area contributed by atoms with E-state index in [1.807, 2.05) is 13.8 Å². The predicted molar refractivity (Wildman–Crippen MR) is 79.6 cm³/mol. The quantitative estimate of drug-likeness (QED) is 0.703. The zero-order valence-electron chi connectivity index (χ0n) is 12.9. The summed E-state index contributed by atoms with van der Waals surface area (Å²) in [4.78, 5) is 0. The molecule has 0 amide bonds. The second-order valence-corrected chi connectivity index (χ2v) is 5.25. The Kier molecular flexibility index (Phi) is 7.55. The summed E-state index contributed by atoms with van der Waals surface area (Å²) in [7, 11) is 0. The van der Waals surface area contributed by atoms with Gasteiger partial charge in [0, 0.05) is 18.2 Å². The van der Waals surface area contributed by atoms with Crippen molar-refractivity contribution in [1.29, 1.82) is 0 Å². The van der Waals surface area contributed by atoms with Crippen molar-refractivity contribution in [2.24, 2.45) is 5.92 Å². The van der Waals surface area contributed by atoms with Crippen LogP contribution in [-0.4, -0.2) is 26.4 Å². The number of hydrogen-bond acceptors (Lipinski definition) is 3. The molecule has 1 atom stereocenters. The maximum Gasteiger partial charge on any atom is 0.131 e. The Morgan fingerprint density at radius 2 is 1.95 bits per heavy atom. The molecule has 1 aromatic carbocycles. The summed E-state index contributed by atoms with van der Waals surface area (Å²) in [6.07, 6.45) is 0. The molecule has 1 rings (SSSR count). The number of rotatable bonds is 9. The first kappa shape index (κ1) is 16.9. The molecule has 0 saturated carbocycles. The van der Waals surface area contributed by atoms with Crippen LogP contribution in [0, 0.1) is 11.7 Å². The van der Waals surface area contributed by atoms with Crippen LogP contribution in [0.2, 0.25) is 0 Å². The lowest BCUT2D eigenvalue weighted by Gasteiger charge is -2.18. The number of halogens is 1. The third-order valence-electron chi connectivity index (χ3n) is 2.89. The Morgan fingerprint density at radius 3 is 2.60 bits per heavy atom. The molecule has 0 aliphatic rings. The van der Waals surface area contributed by atoms with Crippen LogP contribution in [0.3, 0.4) is 0 Å². The molecule has 0 bridgehead atoms. The minimum atomic E-state index is -0.237. The van der Waals surface area contributed by atoms with Crippen LogP contribution < -0.4 is 10.1 Å². The molecule has 20 heavy (non-hydrogen) atoms. The van der Waals surface area contributed by atoms with Crippen molar-refractivity contribution in [2.45, 2.75) is 33.7 Å². The minimum Gasteiger partial charge on any atom is -0.491 e. The molecule has 0 spiro atoms. The van der Waals surface area contributed by atoms with Crippen molar-refractivity contribution < 1.29 is 13.9 Å². The van der Waals surface area contributed by atoms with Gasteiger partial charge in [0.05, 0.1) is 6.61 Å². The molecule has 0 aliphatic heterocycles. The van der Waals surface area contributed by atoms with E-state index >= 15 is 0 Å². The lowest BCUT2D eigenvalue weighted by atomic mass is 10.1. The highest BCUT2D eigenvalue weighted by atomic mass is 19.1. The molecule has 0 saturated heterocycles. The molecule has 0 aromatic heterocycles. The van der Waals surface area contributed by atoms with Crippen LogP contribution in [-0.2, 0) is 4.74 Å². The van der Waals surface area contributed by atoms with Crippen molar-refractivity contribution >= 4 is 0 Å². The average molecular weight is 283 g/mol. The lowest BCUT2D eigenvalue weighted by Crippen LogP contribution is -2.20. The maximum absolute atomic E-state index is 14.0. The summed E-state index contributed by atoms with van der Waals surface area (Å²) in [5.74, 6) is 0.860. The van der Waals surface area contributed by atoms with Crippen molar-refractivity contribution in [3.8, 4) is 5.75 Å². The van der Waals surface area contributed by atoms with Gasteiger partial charge in [-0.3, -0.25) is 0 Å². The minimum absolute atomic E-state index is 0.0761. The van der Waals surface area contributed by atoms with Crippen molar-refractivity contribution in [3.05, 3.63) is 29.6 Å². The molecule has 0 aliphatic carbocycles. The number of ether oxygens (including phenoxy) is 2. The van der Waals surface area contributed by atoms with E-state index in [-0.39, 0.29) is 11.9 Å². The monoisotopic (exact) mass is 283 g/mol. The zero-order valence-corrected chi connectivity index (χ0v) is 12.9. The van der Waals surface area contributed by atoms with Gasteiger partial charge in [0.2, 0.25) is 0 Å². The smallest absolute Gasteiger partial charge is 0.131 e. The van der Waals surface area contributed by atoms with E-state index in [0.717, 1.165) is 6.54 Å². The Balaban J connectivity index is 2.58. The Morgan fingerprint density at radius 1 is 1.20 bits per heavy atom. The topological polar surface area (TPSA) is 30.5 Å². The highest BCUT2D eigenvalue weighted by Crippen LogP contribution is 2.27. The van der Waals surface area contributed by atoms with Crippen LogP contribution in [0.4, 0.5) is 4.39 Å². The van der Waals surface area contributed by atoms with Crippen molar-refractivity contribution in [1.82, 2.24) is 5.32 Å². The number of benzene rings is 1. The zero-order chi connectivity index (χ0) is 15.0. The van der Waals surface area contributed by atoms with Gasteiger partial charge in [-0.15, -0.1) is 0 Å². The van der Waals surface area contributed by atoms with Crippen molar-refractivity contribution in [3.63, 3.8) is 0 Å². The molecule has 0 heterocycles. The van der Waals surface area contributed by atoms with Gasteiger partial charge in [0.15, 0.2) is 0 Å². The van der Waals surface area contributed by atoms with Gasteiger partial charge < -0.3 is 14.8 Å². The van der Waals surface area contributed by atoms with E-state index in [1.54, 1.807) is 12.1 Å². The summed E-state index contributed by atoms with van der Waals surface area (Å²) in [6, 6.07) is 4.86. The highest BCUT2D eigenvalue weighted by Gasteiger charge is 2.15. The first-order valence-corrected chi connectivity index (χ1v) is 7.28. The van der Waals surface area contributed by atoms with Gasteiger partial charge in [0.1, 0.15) is 18.2 Å². The second kappa shape index (κ2) is 8.93. The van der Waals surface area contributed by atoms with Crippen LogP contribution in [0.25, 0.3) is 0 Å². The fourth-order valence-corrected chi connectivity index (χ4v) is 2.00. The Labute approximate surface area is 121 Å². The fraction of sp³-hybridized carbons (Fsp3) is 0.625. The molecular formula is C16H26FNO2. The van der Waals surface area contributed by atoms with Gasteiger partial charge in [-0.1, -0.05) is 26.8 Å². The molecule has 114 valence electrons. The molecule has 1 N–H and O–H groups in total.